The first kappa shape index (κ1) is 13.0. The standard InChI is InChI=1S/C12H12N4S3/c1-18-10-13-11(15-7-8-19-12(15)17)16(14-10)9-5-3-2-4-6-9/h2-6H,7-8H2,1H3. The predicted molar refractivity (Wildman–Crippen MR) is 85.5 cm³/mol. The minimum Gasteiger partial charge on any atom is -0.295 e. The maximum atomic E-state index is 5.38. The minimum atomic E-state index is 0.763. The van der Waals surface area contributed by atoms with Crippen molar-refractivity contribution in [2.75, 3.05) is 23.5 Å². The summed E-state index contributed by atoms with van der Waals surface area (Å²) in [5.74, 6) is 1.82. The lowest BCUT2D eigenvalue weighted by molar-refractivity contribution is 0.825. The SMILES string of the molecule is CSc1nc(N2CCSC2=S)n(-c2ccccc2)n1. The van der Waals surface area contributed by atoms with Gasteiger partial charge in [-0.05, 0) is 18.4 Å². The summed E-state index contributed by atoms with van der Waals surface area (Å²) in [6.45, 7) is 0.892. The van der Waals surface area contributed by atoms with Crippen LogP contribution in [0, 0.1) is 0 Å². The number of thiocarbonyl (C=S) groups is 1. The summed E-state index contributed by atoms with van der Waals surface area (Å²) in [5.41, 5.74) is 1.00. The number of para-hydroxylation sites is 1. The molecule has 0 radical (unpaired) electrons. The summed E-state index contributed by atoms with van der Waals surface area (Å²) in [6.07, 6.45) is 1.98. The van der Waals surface area contributed by atoms with Crippen LogP contribution in [0.15, 0.2) is 35.5 Å². The minimum absolute atomic E-state index is 0.763. The second-order valence-corrected chi connectivity index (χ2v) is 6.41. The topological polar surface area (TPSA) is 34.0 Å². The number of aromatic nitrogens is 3. The highest BCUT2D eigenvalue weighted by Crippen LogP contribution is 2.27. The lowest BCUT2D eigenvalue weighted by Crippen LogP contribution is -2.25. The molecule has 3 rings (SSSR count). The van der Waals surface area contributed by atoms with Gasteiger partial charge in [0, 0.05) is 12.3 Å². The Morgan fingerprint density at radius 1 is 1.32 bits per heavy atom. The van der Waals surface area contributed by atoms with Crippen LogP contribution in [0.25, 0.3) is 5.69 Å². The van der Waals surface area contributed by atoms with Crippen molar-refractivity contribution < 1.29 is 0 Å². The quantitative estimate of drug-likeness (QED) is 0.641. The molecular weight excluding hydrogens is 296 g/mol. The first-order valence-corrected chi connectivity index (χ1v) is 8.42. The van der Waals surface area contributed by atoms with Crippen molar-refractivity contribution in [1.82, 2.24) is 14.8 Å². The molecular formula is C12H12N4S3. The van der Waals surface area contributed by atoms with Crippen LogP contribution in [-0.4, -0.2) is 37.6 Å². The highest BCUT2D eigenvalue weighted by atomic mass is 32.2. The van der Waals surface area contributed by atoms with Crippen molar-refractivity contribution >= 4 is 46.0 Å². The van der Waals surface area contributed by atoms with E-state index < -0.39 is 0 Å². The number of hydrogen-bond donors (Lipinski definition) is 0. The first-order chi connectivity index (χ1) is 9.29. The zero-order chi connectivity index (χ0) is 13.2. The van der Waals surface area contributed by atoms with Crippen LogP contribution < -0.4 is 4.90 Å². The van der Waals surface area contributed by atoms with Crippen molar-refractivity contribution in [1.29, 1.82) is 0 Å². The smallest absolute Gasteiger partial charge is 0.235 e. The van der Waals surface area contributed by atoms with E-state index in [1.807, 2.05) is 41.3 Å². The molecule has 19 heavy (non-hydrogen) atoms. The van der Waals surface area contributed by atoms with Crippen molar-refractivity contribution in [3.05, 3.63) is 30.3 Å². The number of nitrogens with zero attached hydrogens (tertiary/aromatic N) is 4. The molecule has 0 aliphatic carbocycles. The number of benzene rings is 1. The number of thioether (sulfide) groups is 2. The van der Waals surface area contributed by atoms with E-state index in [2.05, 4.69) is 15.0 Å². The second-order valence-electron chi connectivity index (χ2n) is 3.91. The fraction of sp³-hybridized carbons (Fsp3) is 0.250. The zero-order valence-corrected chi connectivity index (χ0v) is 12.8. The van der Waals surface area contributed by atoms with Crippen molar-refractivity contribution in [3.63, 3.8) is 0 Å². The van der Waals surface area contributed by atoms with Crippen molar-refractivity contribution in [3.8, 4) is 5.69 Å². The van der Waals surface area contributed by atoms with Crippen LogP contribution in [0.5, 0.6) is 0 Å². The van der Waals surface area contributed by atoms with Gasteiger partial charge in [0.05, 0.1) is 5.69 Å². The molecule has 7 heteroatoms. The molecule has 1 fully saturated rings. The number of hydrogen-bond acceptors (Lipinski definition) is 5. The molecule has 0 spiro atoms. The van der Waals surface area contributed by atoms with E-state index in [0.29, 0.717) is 0 Å². The molecule has 1 aromatic heterocycles. The average molecular weight is 308 g/mol. The van der Waals surface area contributed by atoms with E-state index >= 15 is 0 Å². The van der Waals surface area contributed by atoms with Crippen LogP contribution in [0.4, 0.5) is 5.95 Å². The Labute approximate surface area is 125 Å². The average Bonchev–Trinajstić information content (AvgIpc) is 3.05. The van der Waals surface area contributed by atoms with Gasteiger partial charge in [0.15, 0.2) is 0 Å². The van der Waals surface area contributed by atoms with Crippen LogP contribution in [-0.2, 0) is 0 Å². The van der Waals surface area contributed by atoms with Crippen molar-refractivity contribution in [2.24, 2.45) is 0 Å². The molecule has 0 saturated carbocycles. The molecule has 0 unspecified atom stereocenters. The zero-order valence-electron chi connectivity index (χ0n) is 10.3. The summed E-state index contributed by atoms with van der Waals surface area (Å²) in [4.78, 5) is 6.63. The maximum Gasteiger partial charge on any atom is 0.235 e. The molecule has 0 atom stereocenters. The van der Waals surface area contributed by atoms with Crippen LogP contribution in [0.2, 0.25) is 0 Å². The van der Waals surface area contributed by atoms with Crippen LogP contribution in [0.3, 0.4) is 0 Å². The van der Waals surface area contributed by atoms with Gasteiger partial charge in [0.1, 0.15) is 4.32 Å². The monoisotopic (exact) mass is 308 g/mol. The highest BCUT2D eigenvalue weighted by molar-refractivity contribution is 8.23. The Bertz CT molecular complexity index is 596. The van der Waals surface area contributed by atoms with Gasteiger partial charge in [-0.15, -0.1) is 5.10 Å². The highest BCUT2D eigenvalue weighted by Gasteiger charge is 2.25. The molecule has 0 amide bonds. The molecule has 2 aromatic rings. The van der Waals surface area contributed by atoms with E-state index in [1.54, 1.807) is 11.8 Å². The third-order valence-electron chi connectivity index (χ3n) is 2.76. The third kappa shape index (κ3) is 2.50. The molecule has 4 nitrogen and oxygen atoms in total. The Hall–Kier alpha value is -1.05. The number of anilines is 1. The van der Waals surface area contributed by atoms with Gasteiger partial charge in [-0.1, -0.05) is 53.9 Å². The summed E-state index contributed by atoms with van der Waals surface area (Å²) in [5, 5.41) is 5.30. The van der Waals surface area contributed by atoms with E-state index in [0.717, 1.165) is 33.4 Å². The van der Waals surface area contributed by atoms with Gasteiger partial charge in [-0.25, -0.2) is 0 Å². The second kappa shape index (κ2) is 5.52. The Kier molecular flexibility index (Phi) is 3.76. The third-order valence-corrected chi connectivity index (χ3v) is 4.72. The fourth-order valence-electron chi connectivity index (χ4n) is 1.86. The van der Waals surface area contributed by atoms with Gasteiger partial charge < -0.3 is 0 Å². The summed E-state index contributed by atoms with van der Waals surface area (Å²) >= 11 is 8.61. The number of rotatable bonds is 3. The molecule has 1 aliphatic heterocycles. The molecule has 1 saturated heterocycles. The Morgan fingerprint density at radius 3 is 2.74 bits per heavy atom. The van der Waals surface area contributed by atoms with E-state index in [4.69, 9.17) is 12.2 Å². The molecule has 1 aromatic carbocycles. The molecule has 2 heterocycles. The van der Waals surface area contributed by atoms with E-state index in [9.17, 15) is 0 Å². The lowest BCUT2D eigenvalue weighted by Gasteiger charge is -2.16. The van der Waals surface area contributed by atoms with Crippen LogP contribution >= 0.6 is 35.7 Å². The van der Waals surface area contributed by atoms with Gasteiger partial charge in [0.2, 0.25) is 11.1 Å². The maximum absolute atomic E-state index is 5.38. The normalized spacial score (nSPS) is 15.2. The van der Waals surface area contributed by atoms with E-state index in [1.165, 1.54) is 11.8 Å². The van der Waals surface area contributed by atoms with Gasteiger partial charge in [0.25, 0.3) is 0 Å². The van der Waals surface area contributed by atoms with Gasteiger partial charge >= 0.3 is 0 Å². The van der Waals surface area contributed by atoms with Crippen LogP contribution in [0.1, 0.15) is 0 Å². The molecule has 1 aliphatic rings. The van der Waals surface area contributed by atoms with Gasteiger partial charge in [-0.3, -0.25) is 4.90 Å². The lowest BCUT2D eigenvalue weighted by atomic mass is 10.3. The fourth-order valence-corrected chi connectivity index (χ4v) is 3.40. The first-order valence-electron chi connectivity index (χ1n) is 5.80. The largest absolute Gasteiger partial charge is 0.295 e. The molecule has 0 bridgehead atoms. The predicted octanol–water partition coefficient (Wildman–Crippen LogP) is 2.83. The van der Waals surface area contributed by atoms with Gasteiger partial charge in [-0.2, -0.15) is 9.67 Å². The Morgan fingerprint density at radius 2 is 2.11 bits per heavy atom. The van der Waals surface area contributed by atoms with E-state index in [-0.39, 0.29) is 0 Å². The summed E-state index contributed by atoms with van der Waals surface area (Å²) in [6, 6.07) is 10.0. The summed E-state index contributed by atoms with van der Waals surface area (Å²) < 4.78 is 2.74. The summed E-state index contributed by atoms with van der Waals surface area (Å²) in [7, 11) is 0. The van der Waals surface area contributed by atoms with Crippen molar-refractivity contribution in [2.45, 2.75) is 5.16 Å². The molecule has 98 valence electrons. The molecule has 0 N–H and O–H groups in total. The Balaban J connectivity index is 2.08.